The summed E-state index contributed by atoms with van der Waals surface area (Å²) in [5.74, 6) is -0.826. The highest BCUT2D eigenvalue weighted by Crippen LogP contribution is 2.18. The number of carbonyl (C=O) groups is 1. The predicted octanol–water partition coefficient (Wildman–Crippen LogP) is 1.98. The third kappa shape index (κ3) is 3.47. The lowest BCUT2D eigenvalue weighted by Crippen LogP contribution is -2.39. The topological polar surface area (TPSA) is 78.9 Å². The number of aryl methyl sites for hydroxylation is 1. The normalized spacial score (nSPS) is 13.1. The van der Waals surface area contributed by atoms with Crippen molar-refractivity contribution in [2.75, 3.05) is 11.9 Å². The van der Waals surface area contributed by atoms with E-state index in [-0.39, 0.29) is 11.7 Å². The van der Waals surface area contributed by atoms with Crippen molar-refractivity contribution in [1.82, 2.24) is 0 Å². The Morgan fingerprint density at radius 1 is 1.37 bits per heavy atom. The standard InChI is InChI=1S/C14H21N3O2/c1-4-10-6-8-11(9-7-10)17(3)14(18)12(5-2)13(15)16-19/h6-9,12,19H,4-5H2,1-3H3,(H2,15,16). The lowest BCUT2D eigenvalue weighted by Gasteiger charge is -2.22. The molecule has 1 unspecified atom stereocenters. The quantitative estimate of drug-likeness (QED) is 0.369. The van der Waals surface area contributed by atoms with Crippen LogP contribution in [0.3, 0.4) is 0 Å². The Balaban J connectivity index is 2.91. The zero-order chi connectivity index (χ0) is 14.4. The first-order valence-electron chi connectivity index (χ1n) is 6.39. The van der Waals surface area contributed by atoms with E-state index in [1.807, 2.05) is 31.2 Å². The molecule has 0 aromatic heterocycles. The maximum absolute atomic E-state index is 12.3. The highest BCUT2D eigenvalue weighted by atomic mass is 16.4. The molecule has 0 spiro atoms. The van der Waals surface area contributed by atoms with E-state index in [9.17, 15) is 4.79 Å². The maximum atomic E-state index is 12.3. The number of nitrogens with two attached hydrogens (primary N) is 1. The van der Waals surface area contributed by atoms with Gasteiger partial charge in [0.05, 0.1) is 5.92 Å². The van der Waals surface area contributed by atoms with Crippen LogP contribution in [0.25, 0.3) is 0 Å². The molecule has 5 heteroatoms. The molecule has 0 aliphatic rings. The molecule has 0 fully saturated rings. The summed E-state index contributed by atoms with van der Waals surface area (Å²) in [5, 5.41) is 11.6. The Kier molecular flexibility index (Phi) is 5.36. The van der Waals surface area contributed by atoms with Gasteiger partial charge in [-0.2, -0.15) is 0 Å². The Bertz CT molecular complexity index is 454. The SMILES string of the molecule is CCc1ccc(N(C)C(=O)C(CC)C(N)=NO)cc1. The smallest absolute Gasteiger partial charge is 0.237 e. The number of rotatable bonds is 5. The fourth-order valence-electron chi connectivity index (χ4n) is 1.90. The van der Waals surface area contributed by atoms with Gasteiger partial charge in [-0.1, -0.05) is 31.1 Å². The number of oxime groups is 1. The van der Waals surface area contributed by atoms with Gasteiger partial charge in [-0.3, -0.25) is 4.79 Å². The fourth-order valence-corrected chi connectivity index (χ4v) is 1.90. The van der Waals surface area contributed by atoms with E-state index in [0.717, 1.165) is 12.1 Å². The van der Waals surface area contributed by atoms with Gasteiger partial charge >= 0.3 is 0 Å². The molecule has 0 bridgehead atoms. The molecule has 1 aromatic carbocycles. The maximum Gasteiger partial charge on any atom is 0.237 e. The molecule has 0 radical (unpaired) electrons. The summed E-state index contributed by atoms with van der Waals surface area (Å²) >= 11 is 0. The second-order valence-corrected chi connectivity index (χ2v) is 4.40. The van der Waals surface area contributed by atoms with Crippen LogP contribution in [0, 0.1) is 5.92 Å². The molecule has 0 aliphatic heterocycles. The van der Waals surface area contributed by atoms with Gasteiger partial charge in [0.25, 0.3) is 0 Å². The molecule has 0 heterocycles. The van der Waals surface area contributed by atoms with Gasteiger partial charge in [0.15, 0.2) is 5.84 Å². The van der Waals surface area contributed by atoms with Crippen LogP contribution < -0.4 is 10.6 Å². The summed E-state index contributed by atoms with van der Waals surface area (Å²) in [5.41, 5.74) is 7.56. The van der Waals surface area contributed by atoms with Crippen molar-refractivity contribution < 1.29 is 10.0 Å². The highest BCUT2D eigenvalue weighted by molar-refractivity contribution is 6.08. The number of hydrogen-bond donors (Lipinski definition) is 2. The third-order valence-corrected chi connectivity index (χ3v) is 3.24. The average molecular weight is 263 g/mol. The molecule has 0 saturated carbocycles. The van der Waals surface area contributed by atoms with Crippen molar-refractivity contribution in [3.8, 4) is 0 Å². The van der Waals surface area contributed by atoms with Gasteiger partial charge in [-0.15, -0.1) is 0 Å². The minimum absolute atomic E-state index is 0.0514. The van der Waals surface area contributed by atoms with Crippen LogP contribution in [0.5, 0.6) is 0 Å². The molecular weight excluding hydrogens is 242 g/mol. The summed E-state index contributed by atoms with van der Waals surface area (Å²) in [6.07, 6.45) is 1.45. The van der Waals surface area contributed by atoms with Crippen LogP contribution in [-0.4, -0.2) is 24.0 Å². The summed E-state index contributed by atoms with van der Waals surface area (Å²) in [7, 11) is 1.69. The molecule has 1 atom stereocenters. The van der Waals surface area contributed by atoms with Crippen LogP contribution in [0.15, 0.2) is 29.4 Å². The lowest BCUT2D eigenvalue weighted by atomic mass is 10.0. The van der Waals surface area contributed by atoms with Crippen molar-refractivity contribution in [2.24, 2.45) is 16.8 Å². The molecule has 1 aromatic rings. The first kappa shape index (κ1) is 15.0. The van der Waals surface area contributed by atoms with E-state index in [4.69, 9.17) is 10.9 Å². The summed E-state index contributed by atoms with van der Waals surface area (Å²) < 4.78 is 0. The number of benzene rings is 1. The van der Waals surface area contributed by atoms with Crippen molar-refractivity contribution >= 4 is 17.4 Å². The minimum Gasteiger partial charge on any atom is -0.409 e. The van der Waals surface area contributed by atoms with Gasteiger partial charge < -0.3 is 15.8 Å². The molecule has 1 rings (SSSR count). The van der Waals surface area contributed by atoms with Crippen LogP contribution >= 0.6 is 0 Å². The lowest BCUT2D eigenvalue weighted by molar-refractivity contribution is -0.120. The van der Waals surface area contributed by atoms with E-state index in [2.05, 4.69) is 12.1 Å². The van der Waals surface area contributed by atoms with Crippen LogP contribution in [0.4, 0.5) is 5.69 Å². The fraction of sp³-hybridized carbons (Fsp3) is 0.429. The van der Waals surface area contributed by atoms with Gasteiger partial charge in [0.1, 0.15) is 0 Å². The van der Waals surface area contributed by atoms with Gasteiger partial charge in [0.2, 0.25) is 5.91 Å². The van der Waals surface area contributed by atoms with Crippen molar-refractivity contribution in [3.05, 3.63) is 29.8 Å². The monoisotopic (exact) mass is 263 g/mol. The van der Waals surface area contributed by atoms with E-state index in [1.165, 1.54) is 10.5 Å². The number of carbonyl (C=O) groups excluding carboxylic acids is 1. The second-order valence-electron chi connectivity index (χ2n) is 4.40. The molecule has 104 valence electrons. The first-order valence-corrected chi connectivity index (χ1v) is 6.39. The van der Waals surface area contributed by atoms with Gasteiger partial charge in [-0.05, 0) is 30.5 Å². The number of amidine groups is 1. The molecule has 3 N–H and O–H groups in total. The zero-order valence-electron chi connectivity index (χ0n) is 11.6. The molecular formula is C14H21N3O2. The van der Waals surface area contributed by atoms with Crippen molar-refractivity contribution in [3.63, 3.8) is 0 Å². The van der Waals surface area contributed by atoms with Gasteiger partial charge in [0, 0.05) is 12.7 Å². The predicted molar refractivity (Wildman–Crippen MR) is 76.4 cm³/mol. The van der Waals surface area contributed by atoms with Crippen molar-refractivity contribution in [2.45, 2.75) is 26.7 Å². The van der Waals surface area contributed by atoms with E-state index in [0.29, 0.717) is 6.42 Å². The summed E-state index contributed by atoms with van der Waals surface area (Å²) in [4.78, 5) is 13.8. The van der Waals surface area contributed by atoms with E-state index in [1.54, 1.807) is 7.05 Å². The molecule has 5 nitrogen and oxygen atoms in total. The number of amides is 1. The van der Waals surface area contributed by atoms with Crippen molar-refractivity contribution in [1.29, 1.82) is 0 Å². The molecule has 0 aliphatic carbocycles. The molecule has 19 heavy (non-hydrogen) atoms. The molecule has 1 amide bonds. The number of nitrogens with zero attached hydrogens (tertiary/aromatic N) is 2. The van der Waals surface area contributed by atoms with Crippen LogP contribution in [0.1, 0.15) is 25.8 Å². The van der Waals surface area contributed by atoms with Crippen LogP contribution in [-0.2, 0) is 11.2 Å². The average Bonchev–Trinajstić information content (AvgIpc) is 2.46. The first-order chi connectivity index (χ1) is 9.04. The Morgan fingerprint density at radius 3 is 2.37 bits per heavy atom. The van der Waals surface area contributed by atoms with Crippen LogP contribution in [0.2, 0.25) is 0 Å². The van der Waals surface area contributed by atoms with E-state index < -0.39 is 5.92 Å². The third-order valence-electron chi connectivity index (χ3n) is 3.24. The summed E-state index contributed by atoms with van der Waals surface area (Å²) in [6.45, 7) is 3.91. The Labute approximate surface area is 113 Å². The van der Waals surface area contributed by atoms with Gasteiger partial charge in [-0.25, -0.2) is 0 Å². The molecule has 0 saturated heterocycles. The summed E-state index contributed by atoms with van der Waals surface area (Å²) in [6, 6.07) is 7.78. The minimum atomic E-state index is -0.596. The largest absolute Gasteiger partial charge is 0.409 e. The highest BCUT2D eigenvalue weighted by Gasteiger charge is 2.25. The second kappa shape index (κ2) is 6.78. The number of hydrogen-bond acceptors (Lipinski definition) is 3. The number of anilines is 1. The Morgan fingerprint density at radius 2 is 1.95 bits per heavy atom. The zero-order valence-corrected chi connectivity index (χ0v) is 11.6. The Hall–Kier alpha value is -2.04. The van der Waals surface area contributed by atoms with E-state index >= 15 is 0 Å².